The standard InChI is InChI=1S/C25H28F2N8O2/c1-14-9-18(26)19(30-23(36)17-12-29-35(21(17)27)25(2,3)4)11-16(14)15-10-20(33-5-7-37-8-6-33)22-31-24(28)32-34(22)13-15/h9-13H,5-8H2,1-4H3,(H2,28,32)(H,30,36). The van der Waals surface area contributed by atoms with Gasteiger partial charge in [0.25, 0.3) is 5.91 Å². The minimum atomic E-state index is -0.796. The first-order valence-electron chi connectivity index (χ1n) is 11.9. The van der Waals surface area contributed by atoms with Crippen LogP contribution in [0.2, 0.25) is 0 Å². The monoisotopic (exact) mass is 510 g/mol. The number of aryl methyl sites for hydroxylation is 1. The summed E-state index contributed by atoms with van der Waals surface area (Å²) in [4.78, 5) is 19.4. The summed E-state index contributed by atoms with van der Waals surface area (Å²) in [6.07, 6.45) is 2.89. The predicted molar refractivity (Wildman–Crippen MR) is 136 cm³/mol. The number of benzene rings is 1. The van der Waals surface area contributed by atoms with Crippen LogP contribution < -0.4 is 16.0 Å². The molecule has 1 aliphatic rings. The van der Waals surface area contributed by atoms with Gasteiger partial charge in [-0.15, -0.1) is 5.10 Å². The molecule has 0 radical (unpaired) electrons. The van der Waals surface area contributed by atoms with Crippen LogP contribution in [-0.2, 0) is 10.3 Å². The third kappa shape index (κ3) is 4.59. The Kier molecular flexibility index (Phi) is 6.06. The molecule has 4 aromatic rings. The number of nitrogens with zero attached hydrogens (tertiary/aromatic N) is 6. The molecule has 4 heterocycles. The second kappa shape index (κ2) is 9.11. The molecule has 3 aromatic heterocycles. The Labute approximate surface area is 212 Å². The SMILES string of the molecule is Cc1cc(F)c(NC(=O)c2cnn(C(C)(C)C)c2F)cc1-c1cc(N2CCOCC2)c2nc(N)nn2c1. The molecular weight excluding hydrogens is 482 g/mol. The Morgan fingerprint density at radius 3 is 2.57 bits per heavy atom. The minimum Gasteiger partial charge on any atom is -0.378 e. The van der Waals surface area contributed by atoms with Crippen LogP contribution in [0.5, 0.6) is 0 Å². The van der Waals surface area contributed by atoms with Crippen LogP contribution in [0.25, 0.3) is 16.8 Å². The summed E-state index contributed by atoms with van der Waals surface area (Å²) in [6, 6.07) is 4.79. The number of carbonyl (C=O) groups excluding carboxylic acids is 1. The number of halogens is 2. The topological polar surface area (TPSA) is 116 Å². The number of fused-ring (bicyclic) bond motifs is 1. The molecule has 1 amide bonds. The van der Waals surface area contributed by atoms with E-state index in [2.05, 4.69) is 25.4 Å². The first-order valence-corrected chi connectivity index (χ1v) is 11.9. The molecule has 5 rings (SSSR count). The van der Waals surface area contributed by atoms with E-state index in [1.54, 1.807) is 38.4 Å². The maximum absolute atomic E-state index is 14.9. The van der Waals surface area contributed by atoms with Crippen molar-refractivity contribution in [1.82, 2.24) is 24.4 Å². The van der Waals surface area contributed by atoms with Gasteiger partial charge in [-0.3, -0.25) is 4.79 Å². The normalized spacial score (nSPS) is 14.4. The van der Waals surface area contributed by atoms with Gasteiger partial charge in [-0.05, 0) is 57.0 Å². The smallest absolute Gasteiger partial charge is 0.262 e. The number of nitrogens with two attached hydrogens (primary N) is 1. The first-order chi connectivity index (χ1) is 17.5. The van der Waals surface area contributed by atoms with Gasteiger partial charge in [-0.1, -0.05) is 0 Å². The fourth-order valence-corrected chi connectivity index (χ4v) is 4.39. The van der Waals surface area contributed by atoms with Crippen LogP contribution in [0, 0.1) is 18.7 Å². The zero-order valence-corrected chi connectivity index (χ0v) is 21.0. The number of pyridine rings is 1. The van der Waals surface area contributed by atoms with Gasteiger partial charge in [0, 0.05) is 24.8 Å². The Hall–Kier alpha value is -4.06. The van der Waals surface area contributed by atoms with Gasteiger partial charge in [0.1, 0.15) is 11.4 Å². The molecule has 0 bridgehead atoms. The van der Waals surface area contributed by atoms with Gasteiger partial charge < -0.3 is 20.7 Å². The number of anilines is 3. The number of nitrogens with one attached hydrogen (secondary N) is 1. The molecule has 1 saturated heterocycles. The summed E-state index contributed by atoms with van der Waals surface area (Å²) in [5.74, 6) is -2.09. The number of morpholine rings is 1. The highest BCUT2D eigenvalue weighted by Gasteiger charge is 2.25. The zero-order chi connectivity index (χ0) is 26.5. The molecule has 0 saturated carbocycles. The van der Waals surface area contributed by atoms with Crippen molar-refractivity contribution in [3.05, 3.63) is 53.5 Å². The Morgan fingerprint density at radius 2 is 1.89 bits per heavy atom. The highest BCUT2D eigenvalue weighted by molar-refractivity contribution is 6.04. The number of hydrogen-bond donors (Lipinski definition) is 2. The quantitative estimate of drug-likeness (QED) is 0.431. The second-order valence-electron chi connectivity index (χ2n) is 9.98. The van der Waals surface area contributed by atoms with Crippen LogP contribution in [0.4, 0.5) is 26.1 Å². The van der Waals surface area contributed by atoms with Crippen molar-refractivity contribution in [2.75, 3.05) is 42.3 Å². The lowest BCUT2D eigenvalue weighted by Crippen LogP contribution is -2.36. The van der Waals surface area contributed by atoms with Gasteiger partial charge in [0.05, 0.1) is 36.3 Å². The van der Waals surface area contributed by atoms with Gasteiger partial charge >= 0.3 is 0 Å². The Morgan fingerprint density at radius 1 is 1.16 bits per heavy atom. The fraction of sp³-hybridized carbons (Fsp3) is 0.360. The molecule has 37 heavy (non-hydrogen) atoms. The van der Waals surface area contributed by atoms with Crippen molar-refractivity contribution in [2.24, 2.45) is 0 Å². The van der Waals surface area contributed by atoms with Gasteiger partial charge in [0.2, 0.25) is 11.9 Å². The van der Waals surface area contributed by atoms with Crippen LogP contribution in [0.1, 0.15) is 36.7 Å². The number of carbonyl (C=O) groups is 1. The average molecular weight is 511 g/mol. The summed E-state index contributed by atoms with van der Waals surface area (Å²) in [5, 5.41) is 10.8. The van der Waals surface area contributed by atoms with Crippen molar-refractivity contribution < 1.29 is 18.3 Å². The molecule has 0 spiro atoms. The number of hydrogen-bond acceptors (Lipinski definition) is 7. The summed E-state index contributed by atoms with van der Waals surface area (Å²) >= 11 is 0. The highest BCUT2D eigenvalue weighted by Crippen LogP contribution is 2.33. The molecule has 10 nitrogen and oxygen atoms in total. The van der Waals surface area contributed by atoms with Gasteiger partial charge in [-0.2, -0.15) is 14.5 Å². The van der Waals surface area contributed by atoms with E-state index >= 15 is 0 Å². The van der Waals surface area contributed by atoms with Crippen LogP contribution in [0.3, 0.4) is 0 Å². The molecular formula is C25H28F2N8O2. The molecule has 0 atom stereocenters. The molecule has 1 aromatic carbocycles. The maximum atomic E-state index is 14.9. The minimum absolute atomic E-state index is 0.0837. The largest absolute Gasteiger partial charge is 0.378 e. The van der Waals surface area contributed by atoms with E-state index in [4.69, 9.17) is 10.5 Å². The van der Waals surface area contributed by atoms with E-state index in [-0.39, 0.29) is 17.2 Å². The second-order valence-corrected chi connectivity index (χ2v) is 9.98. The van der Waals surface area contributed by atoms with Crippen molar-refractivity contribution >= 4 is 28.9 Å². The van der Waals surface area contributed by atoms with Crippen molar-refractivity contribution in [2.45, 2.75) is 33.2 Å². The predicted octanol–water partition coefficient (Wildman–Crippen LogP) is 3.61. The van der Waals surface area contributed by atoms with Crippen LogP contribution in [-0.4, -0.2) is 56.6 Å². The third-order valence-corrected chi connectivity index (χ3v) is 6.25. The molecule has 0 unspecified atom stereocenters. The summed E-state index contributed by atoms with van der Waals surface area (Å²) in [7, 11) is 0. The third-order valence-electron chi connectivity index (χ3n) is 6.25. The average Bonchev–Trinajstić information content (AvgIpc) is 3.42. The fourth-order valence-electron chi connectivity index (χ4n) is 4.39. The lowest BCUT2D eigenvalue weighted by molar-refractivity contribution is 0.102. The lowest BCUT2D eigenvalue weighted by Gasteiger charge is -2.29. The van der Waals surface area contributed by atoms with E-state index in [1.807, 2.05) is 6.07 Å². The Bertz CT molecular complexity index is 1500. The maximum Gasteiger partial charge on any atom is 0.262 e. The summed E-state index contributed by atoms with van der Waals surface area (Å²) in [5.41, 5.74) is 8.30. The number of rotatable bonds is 4. The lowest BCUT2D eigenvalue weighted by atomic mass is 10.00. The van der Waals surface area contributed by atoms with E-state index in [1.165, 1.54) is 12.1 Å². The molecule has 0 aliphatic carbocycles. The highest BCUT2D eigenvalue weighted by atomic mass is 19.1. The van der Waals surface area contributed by atoms with Crippen molar-refractivity contribution in [3.8, 4) is 11.1 Å². The summed E-state index contributed by atoms with van der Waals surface area (Å²) in [6.45, 7) is 9.56. The van der Waals surface area contributed by atoms with Gasteiger partial charge in [0.15, 0.2) is 5.65 Å². The molecule has 12 heteroatoms. The van der Waals surface area contributed by atoms with E-state index in [0.717, 1.165) is 22.1 Å². The van der Waals surface area contributed by atoms with E-state index in [9.17, 15) is 13.6 Å². The summed E-state index contributed by atoms with van der Waals surface area (Å²) < 4.78 is 38.0. The van der Waals surface area contributed by atoms with Crippen LogP contribution in [0.15, 0.2) is 30.6 Å². The van der Waals surface area contributed by atoms with Crippen molar-refractivity contribution in [3.63, 3.8) is 0 Å². The Balaban J connectivity index is 1.54. The first kappa shape index (κ1) is 24.6. The molecule has 1 aliphatic heterocycles. The van der Waals surface area contributed by atoms with Gasteiger partial charge in [-0.25, -0.2) is 13.6 Å². The van der Waals surface area contributed by atoms with Crippen LogP contribution >= 0.6 is 0 Å². The number of aromatic nitrogens is 5. The van der Waals surface area contributed by atoms with Crippen molar-refractivity contribution in [1.29, 1.82) is 0 Å². The molecule has 1 fully saturated rings. The number of ether oxygens (including phenoxy) is 1. The molecule has 194 valence electrons. The van der Waals surface area contributed by atoms with E-state index in [0.29, 0.717) is 43.1 Å². The number of amides is 1. The zero-order valence-electron chi connectivity index (χ0n) is 21.0. The van der Waals surface area contributed by atoms with E-state index < -0.39 is 23.2 Å². The number of nitrogen functional groups attached to an aromatic ring is 1. The molecule has 3 N–H and O–H groups in total.